The summed E-state index contributed by atoms with van der Waals surface area (Å²) >= 11 is 0. The summed E-state index contributed by atoms with van der Waals surface area (Å²) in [6, 6.07) is 39.0. The number of carbonyl (C=O) groups is 1. The summed E-state index contributed by atoms with van der Waals surface area (Å²) in [5.74, 6) is 0.883. The van der Waals surface area contributed by atoms with E-state index >= 15 is 0 Å². The summed E-state index contributed by atoms with van der Waals surface area (Å²) in [5.41, 5.74) is 5.97. The van der Waals surface area contributed by atoms with E-state index in [9.17, 15) is 4.79 Å². The van der Waals surface area contributed by atoms with E-state index < -0.39 is 0 Å². The third-order valence-corrected chi connectivity index (χ3v) is 5.88. The Hall–Kier alpha value is -4.90. The molecule has 5 nitrogen and oxygen atoms in total. The van der Waals surface area contributed by atoms with Crippen LogP contribution in [0.1, 0.15) is 27.0 Å². The molecule has 0 fully saturated rings. The van der Waals surface area contributed by atoms with Crippen molar-refractivity contribution in [1.82, 2.24) is 5.43 Å². The first-order valence-electron chi connectivity index (χ1n) is 12.0. The SMILES string of the molecule is O=C(N/N=C/c1cccc(OCc2cccc3ccccc23)c1)c1ccccc1OCc1ccccc1. The van der Waals surface area contributed by atoms with Crippen molar-refractivity contribution in [1.29, 1.82) is 0 Å². The normalized spacial score (nSPS) is 10.9. The predicted octanol–water partition coefficient (Wildman–Crippen LogP) is 6.76. The fourth-order valence-electron chi connectivity index (χ4n) is 4.01. The van der Waals surface area contributed by atoms with Crippen molar-refractivity contribution in [2.45, 2.75) is 13.2 Å². The Kier molecular flexibility index (Phi) is 7.53. The van der Waals surface area contributed by atoms with Gasteiger partial charge in [-0.1, -0.05) is 97.1 Å². The molecule has 5 aromatic carbocycles. The number of nitrogens with one attached hydrogen (secondary N) is 1. The number of amides is 1. The number of nitrogens with zero attached hydrogens (tertiary/aromatic N) is 1. The van der Waals surface area contributed by atoms with Crippen molar-refractivity contribution >= 4 is 22.9 Å². The van der Waals surface area contributed by atoms with Crippen LogP contribution in [0.3, 0.4) is 0 Å². The van der Waals surface area contributed by atoms with E-state index in [-0.39, 0.29) is 5.91 Å². The molecule has 0 aromatic heterocycles. The van der Waals surface area contributed by atoms with Crippen molar-refractivity contribution in [3.8, 4) is 11.5 Å². The molecule has 5 aromatic rings. The number of benzene rings is 5. The zero-order valence-electron chi connectivity index (χ0n) is 20.2. The molecule has 0 radical (unpaired) electrons. The molecule has 0 aliphatic heterocycles. The quantitative estimate of drug-likeness (QED) is 0.185. The van der Waals surface area contributed by atoms with Crippen LogP contribution in [-0.2, 0) is 13.2 Å². The highest BCUT2D eigenvalue weighted by Gasteiger charge is 2.11. The van der Waals surface area contributed by atoms with Crippen LogP contribution in [0.2, 0.25) is 0 Å². The second kappa shape index (κ2) is 11.7. The van der Waals surface area contributed by atoms with Gasteiger partial charge in [-0.3, -0.25) is 4.79 Å². The molecule has 5 heteroatoms. The van der Waals surface area contributed by atoms with E-state index in [0.717, 1.165) is 22.4 Å². The van der Waals surface area contributed by atoms with Crippen molar-refractivity contribution < 1.29 is 14.3 Å². The predicted molar refractivity (Wildman–Crippen MR) is 147 cm³/mol. The lowest BCUT2D eigenvalue weighted by Gasteiger charge is -2.10. The Morgan fingerprint density at radius 2 is 1.49 bits per heavy atom. The fraction of sp³-hybridized carbons (Fsp3) is 0.0625. The first-order chi connectivity index (χ1) is 18.3. The van der Waals surface area contributed by atoms with Gasteiger partial charge in [-0.15, -0.1) is 0 Å². The molecule has 37 heavy (non-hydrogen) atoms. The number of hydrogen-bond donors (Lipinski definition) is 1. The maximum Gasteiger partial charge on any atom is 0.275 e. The fourth-order valence-corrected chi connectivity index (χ4v) is 4.01. The number of hydrogen-bond acceptors (Lipinski definition) is 4. The number of rotatable bonds is 9. The van der Waals surface area contributed by atoms with Crippen molar-refractivity contribution in [2.24, 2.45) is 5.10 Å². The van der Waals surface area contributed by atoms with Crippen LogP contribution in [0, 0.1) is 0 Å². The summed E-state index contributed by atoms with van der Waals surface area (Å²) in [5, 5.41) is 6.51. The van der Waals surface area contributed by atoms with E-state index in [1.807, 2.05) is 78.9 Å². The lowest BCUT2D eigenvalue weighted by Crippen LogP contribution is -2.18. The molecule has 1 N–H and O–H groups in total. The highest BCUT2D eigenvalue weighted by Crippen LogP contribution is 2.22. The van der Waals surface area contributed by atoms with Crippen LogP contribution in [0.25, 0.3) is 10.8 Å². The van der Waals surface area contributed by atoms with Crippen molar-refractivity contribution in [3.05, 3.63) is 144 Å². The lowest BCUT2D eigenvalue weighted by molar-refractivity contribution is 0.0950. The van der Waals surface area contributed by atoms with Crippen molar-refractivity contribution in [3.63, 3.8) is 0 Å². The smallest absolute Gasteiger partial charge is 0.275 e. The summed E-state index contributed by atoms with van der Waals surface area (Å²) < 4.78 is 11.9. The number of fused-ring (bicyclic) bond motifs is 1. The second-order valence-electron chi connectivity index (χ2n) is 8.47. The lowest BCUT2D eigenvalue weighted by atomic mass is 10.1. The highest BCUT2D eigenvalue weighted by atomic mass is 16.5. The largest absolute Gasteiger partial charge is 0.489 e. The molecular formula is C32H26N2O3. The second-order valence-corrected chi connectivity index (χ2v) is 8.47. The van der Waals surface area contributed by atoms with Gasteiger partial charge in [-0.2, -0.15) is 5.10 Å². The topological polar surface area (TPSA) is 59.9 Å². The number of hydrazone groups is 1. The molecule has 0 atom stereocenters. The van der Waals surface area contributed by atoms with E-state index in [0.29, 0.717) is 24.5 Å². The van der Waals surface area contributed by atoms with Crippen LogP contribution >= 0.6 is 0 Å². The summed E-state index contributed by atoms with van der Waals surface area (Å²) in [6.07, 6.45) is 1.59. The third-order valence-electron chi connectivity index (χ3n) is 5.88. The third kappa shape index (κ3) is 6.21. The molecule has 0 saturated carbocycles. The number of ether oxygens (including phenoxy) is 2. The van der Waals surface area contributed by atoms with Crippen molar-refractivity contribution in [2.75, 3.05) is 0 Å². The van der Waals surface area contributed by atoms with Crippen LogP contribution in [0.5, 0.6) is 11.5 Å². The van der Waals surface area contributed by atoms with Gasteiger partial charge in [0, 0.05) is 0 Å². The van der Waals surface area contributed by atoms with E-state index in [4.69, 9.17) is 9.47 Å². The van der Waals surface area contributed by atoms with Gasteiger partial charge in [0.1, 0.15) is 24.7 Å². The minimum Gasteiger partial charge on any atom is -0.489 e. The van der Waals surface area contributed by atoms with E-state index in [2.05, 4.69) is 34.8 Å². The molecule has 182 valence electrons. The molecule has 0 bridgehead atoms. The maximum atomic E-state index is 12.8. The van der Waals surface area contributed by atoms with Gasteiger partial charge in [-0.25, -0.2) is 5.43 Å². The molecule has 5 rings (SSSR count). The Bertz CT molecular complexity index is 1520. The monoisotopic (exact) mass is 486 g/mol. The van der Waals surface area contributed by atoms with Crippen LogP contribution in [0.15, 0.2) is 126 Å². The highest BCUT2D eigenvalue weighted by molar-refractivity contribution is 5.97. The molecule has 0 aliphatic rings. The zero-order valence-corrected chi connectivity index (χ0v) is 20.2. The maximum absolute atomic E-state index is 12.8. The Morgan fingerprint density at radius 1 is 0.730 bits per heavy atom. The summed E-state index contributed by atoms with van der Waals surface area (Å²) in [4.78, 5) is 12.8. The Morgan fingerprint density at radius 3 is 2.41 bits per heavy atom. The number of para-hydroxylation sites is 1. The van der Waals surface area contributed by atoms with Gasteiger partial charge >= 0.3 is 0 Å². The molecule has 0 unspecified atom stereocenters. The first kappa shape index (κ1) is 23.8. The molecule has 0 heterocycles. The number of carbonyl (C=O) groups excluding carboxylic acids is 1. The van der Waals surface area contributed by atoms with Gasteiger partial charge in [0.15, 0.2) is 0 Å². The Labute approximate surface area is 216 Å². The van der Waals surface area contributed by atoms with Gasteiger partial charge in [-0.05, 0) is 51.7 Å². The molecule has 1 amide bonds. The van der Waals surface area contributed by atoms with Crippen LogP contribution in [0.4, 0.5) is 0 Å². The van der Waals surface area contributed by atoms with Crippen LogP contribution < -0.4 is 14.9 Å². The minimum absolute atomic E-state index is 0.344. The van der Waals surface area contributed by atoms with Gasteiger partial charge in [0.05, 0.1) is 11.8 Å². The average molecular weight is 487 g/mol. The van der Waals surface area contributed by atoms with Gasteiger partial charge in [0.25, 0.3) is 5.91 Å². The van der Waals surface area contributed by atoms with Gasteiger partial charge < -0.3 is 9.47 Å². The molecular weight excluding hydrogens is 460 g/mol. The average Bonchev–Trinajstić information content (AvgIpc) is 2.96. The van der Waals surface area contributed by atoms with E-state index in [1.54, 1.807) is 24.4 Å². The minimum atomic E-state index is -0.344. The summed E-state index contributed by atoms with van der Waals surface area (Å²) in [7, 11) is 0. The standard InChI is InChI=1S/C32H26N2O3/c35-32(30-18-6-7-19-31(30)37-22-24-10-2-1-3-11-24)34-33-21-25-12-8-16-28(20-25)36-23-27-15-9-14-26-13-4-5-17-29(26)27/h1-21H,22-23H2,(H,34,35)/b33-21+. The zero-order chi connectivity index (χ0) is 25.3. The summed E-state index contributed by atoms with van der Waals surface area (Å²) in [6.45, 7) is 0.832. The van der Waals surface area contributed by atoms with E-state index in [1.165, 1.54) is 10.8 Å². The van der Waals surface area contributed by atoms with Gasteiger partial charge in [0.2, 0.25) is 0 Å². The Balaban J connectivity index is 1.20. The molecule has 0 aliphatic carbocycles. The molecule has 0 saturated heterocycles. The first-order valence-corrected chi connectivity index (χ1v) is 12.0. The molecule has 0 spiro atoms. The van der Waals surface area contributed by atoms with Crippen LogP contribution in [-0.4, -0.2) is 12.1 Å².